The van der Waals surface area contributed by atoms with Crippen LogP contribution < -0.4 is 5.32 Å². The van der Waals surface area contributed by atoms with Crippen LogP contribution >= 0.6 is 0 Å². The fourth-order valence-electron chi connectivity index (χ4n) is 1.46. The Morgan fingerprint density at radius 3 is 2.00 bits per heavy atom. The topological polar surface area (TPSA) is 38.3 Å². The molecule has 0 aromatic heterocycles. The van der Waals surface area contributed by atoms with E-state index in [9.17, 15) is 4.79 Å². The van der Waals surface area contributed by atoms with E-state index in [1.807, 2.05) is 27.7 Å². The summed E-state index contributed by atoms with van der Waals surface area (Å²) in [4.78, 5) is 12.2. The van der Waals surface area contributed by atoms with Crippen molar-refractivity contribution >= 4 is 5.78 Å². The van der Waals surface area contributed by atoms with Crippen molar-refractivity contribution in [2.75, 3.05) is 13.2 Å². The first kappa shape index (κ1) is 15.6. The summed E-state index contributed by atoms with van der Waals surface area (Å²) in [7, 11) is 0. The lowest BCUT2D eigenvalue weighted by atomic mass is 9.86. The molecule has 0 rings (SSSR count). The molecule has 0 aliphatic carbocycles. The van der Waals surface area contributed by atoms with E-state index in [1.165, 1.54) is 0 Å². The molecule has 0 aliphatic heterocycles. The summed E-state index contributed by atoms with van der Waals surface area (Å²) in [5.41, 5.74) is -0.414. The lowest BCUT2D eigenvalue weighted by molar-refractivity contribution is -0.130. The average Bonchev–Trinajstić information content (AvgIpc) is 2.07. The summed E-state index contributed by atoms with van der Waals surface area (Å²) in [6.07, 6.45) is 0. The number of hydrogen-bond donors (Lipinski definition) is 1. The third kappa shape index (κ3) is 6.23. The van der Waals surface area contributed by atoms with Gasteiger partial charge >= 0.3 is 0 Å². The van der Waals surface area contributed by atoms with Crippen LogP contribution in [0.5, 0.6) is 0 Å². The van der Waals surface area contributed by atoms with Crippen LogP contribution in [0.4, 0.5) is 0 Å². The molecule has 3 heteroatoms. The smallest absolute Gasteiger partial charge is 0.157 e. The molecule has 0 saturated heterocycles. The van der Waals surface area contributed by atoms with Gasteiger partial charge in [-0.2, -0.15) is 0 Å². The van der Waals surface area contributed by atoms with Crippen LogP contribution in [0.3, 0.4) is 0 Å². The maximum absolute atomic E-state index is 12.2. The van der Waals surface area contributed by atoms with E-state index in [-0.39, 0.29) is 22.8 Å². The third-order valence-corrected chi connectivity index (χ3v) is 2.15. The predicted octanol–water partition coefficient (Wildman–Crippen LogP) is 2.39. The van der Waals surface area contributed by atoms with Crippen molar-refractivity contribution in [2.45, 2.75) is 60.0 Å². The zero-order valence-corrected chi connectivity index (χ0v) is 11.8. The first-order valence-corrected chi connectivity index (χ1v) is 5.97. The fourth-order valence-corrected chi connectivity index (χ4v) is 1.46. The molecule has 0 aromatic carbocycles. The van der Waals surface area contributed by atoms with Crippen LogP contribution in [-0.2, 0) is 9.53 Å². The summed E-state index contributed by atoms with van der Waals surface area (Å²) in [5.74, 6) is 0.205. The van der Waals surface area contributed by atoms with Crippen LogP contribution in [0, 0.1) is 5.41 Å². The molecule has 0 aromatic rings. The first-order valence-electron chi connectivity index (χ1n) is 5.97. The zero-order valence-electron chi connectivity index (χ0n) is 11.8. The number of ether oxygens (including phenoxy) is 1. The van der Waals surface area contributed by atoms with Crippen LogP contribution in [0.15, 0.2) is 0 Å². The minimum absolute atomic E-state index is 0.0807. The quantitative estimate of drug-likeness (QED) is 0.786. The van der Waals surface area contributed by atoms with Gasteiger partial charge < -0.3 is 10.1 Å². The van der Waals surface area contributed by atoms with E-state index in [2.05, 4.69) is 26.1 Å². The Morgan fingerprint density at radius 2 is 1.69 bits per heavy atom. The standard InChI is InChI=1S/C13H27NO2/c1-8-16-9-10(14-13(5,6)7)11(15)12(2,3)4/h10,14H,8-9H2,1-7H3. The molecule has 96 valence electrons. The normalized spacial score (nSPS) is 14.9. The van der Waals surface area contributed by atoms with Crippen molar-refractivity contribution in [1.82, 2.24) is 5.32 Å². The molecule has 16 heavy (non-hydrogen) atoms. The average molecular weight is 229 g/mol. The molecular weight excluding hydrogens is 202 g/mol. The van der Waals surface area contributed by atoms with Gasteiger partial charge in [-0.1, -0.05) is 20.8 Å². The maximum Gasteiger partial charge on any atom is 0.157 e. The number of hydrogen-bond acceptors (Lipinski definition) is 3. The van der Waals surface area contributed by atoms with Crippen molar-refractivity contribution in [3.05, 3.63) is 0 Å². The zero-order chi connectivity index (χ0) is 13.0. The summed E-state index contributed by atoms with van der Waals surface area (Å²) < 4.78 is 5.37. The van der Waals surface area contributed by atoms with Gasteiger partial charge in [-0.05, 0) is 27.7 Å². The van der Waals surface area contributed by atoms with E-state index >= 15 is 0 Å². The number of carbonyl (C=O) groups excluding carboxylic acids is 1. The van der Waals surface area contributed by atoms with Gasteiger partial charge in [0.15, 0.2) is 5.78 Å². The van der Waals surface area contributed by atoms with Crippen molar-refractivity contribution < 1.29 is 9.53 Å². The molecule has 0 amide bonds. The van der Waals surface area contributed by atoms with E-state index < -0.39 is 0 Å². The first-order chi connectivity index (χ1) is 7.08. The summed E-state index contributed by atoms with van der Waals surface area (Å²) in [6.45, 7) is 15.0. The number of ketones is 1. The van der Waals surface area contributed by atoms with E-state index in [0.29, 0.717) is 13.2 Å². The van der Waals surface area contributed by atoms with Gasteiger partial charge in [0.1, 0.15) is 0 Å². The molecule has 0 heterocycles. The van der Waals surface area contributed by atoms with Gasteiger partial charge in [-0.25, -0.2) is 0 Å². The lowest BCUT2D eigenvalue weighted by Gasteiger charge is -2.31. The summed E-state index contributed by atoms with van der Waals surface area (Å²) in [5, 5.41) is 3.32. The summed E-state index contributed by atoms with van der Waals surface area (Å²) in [6, 6.07) is -0.222. The molecule has 1 N–H and O–H groups in total. The Labute approximate surface area is 99.9 Å². The Bertz CT molecular complexity index is 223. The van der Waals surface area contributed by atoms with Gasteiger partial charge in [0.2, 0.25) is 0 Å². The Balaban J connectivity index is 4.61. The molecule has 0 spiro atoms. The van der Waals surface area contributed by atoms with Crippen LogP contribution in [0.25, 0.3) is 0 Å². The van der Waals surface area contributed by atoms with Crippen LogP contribution in [-0.4, -0.2) is 30.6 Å². The van der Waals surface area contributed by atoms with Gasteiger partial charge in [-0.3, -0.25) is 4.79 Å². The number of carbonyl (C=O) groups is 1. The number of nitrogens with one attached hydrogen (secondary N) is 1. The highest BCUT2D eigenvalue weighted by atomic mass is 16.5. The second-order valence-corrected chi connectivity index (χ2v) is 6.22. The van der Waals surface area contributed by atoms with Gasteiger partial charge in [0.05, 0.1) is 12.6 Å². The molecule has 0 bridgehead atoms. The van der Waals surface area contributed by atoms with Crippen molar-refractivity contribution in [3.63, 3.8) is 0 Å². The van der Waals surface area contributed by atoms with Crippen molar-refractivity contribution in [3.8, 4) is 0 Å². The molecule has 0 radical (unpaired) electrons. The minimum atomic E-state index is -0.333. The molecule has 1 unspecified atom stereocenters. The second kappa shape index (κ2) is 5.78. The minimum Gasteiger partial charge on any atom is -0.380 e. The van der Waals surface area contributed by atoms with E-state index in [4.69, 9.17) is 4.74 Å². The van der Waals surface area contributed by atoms with Crippen molar-refractivity contribution in [2.24, 2.45) is 5.41 Å². The van der Waals surface area contributed by atoms with Gasteiger partial charge in [-0.15, -0.1) is 0 Å². The largest absolute Gasteiger partial charge is 0.380 e. The Hall–Kier alpha value is -0.410. The van der Waals surface area contributed by atoms with Crippen LogP contribution in [0.2, 0.25) is 0 Å². The molecule has 0 aliphatic rings. The molecule has 3 nitrogen and oxygen atoms in total. The SMILES string of the molecule is CCOCC(NC(C)(C)C)C(=O)C(C)(C)C. The van der Waals surface area contributed by atoms with Crippen LogP contribution in [0.1, 0.15) is 48.5 Å². The second-order valence-electron chi connectivity index (χ2n) is 6.22. The maximum atomic E-state index is 12.2. The Morgan fingerprint density at radius 1 is 1.19 bits per heavy atom. The molecule has 0 fully saturated rings. The molecule has 0 saturated carbocycles. The summed E-state index contributed by atoms with van der Waals surface area (Å²) >= 11 is 0. The molecule has 1 atom stereocenters. The van der Waals surface area contributed by atoms with Gasteiger partial charge in [0.25, 0.3) is 0 Å². The Kier molecular flexibility index (Phi) is 5.63. The fraction of sp³-hybridized carbons (Fsp3) is 0.923. The lowest BCUT2D eigenvalue weighted by Crippen LogP contribution is -2.53. The van der Waals surface area contributed by atoms with Gasteiger partial charge in [0, 0.05) is 17.6 Å². The predicted molar refractivity (Wildman–Crippen MR) is 67.6 cm³/mol. The highest BCUT2D eigenvalue weighted by Gasteiger charge is 2.31. The monoisotopic (exact) mass is 229 g/mol. The van der Waals surface area contributed by atoms with E-state index in [1.54, 1.807) is 0 Å². The molecular formula is C13H27NO2. The van der Waals surface area contributed by atoms with E-state index in [0.717, 1.165) is 0 Å². The number of rotatable bonds is 5. The highest BCUT2D eigenvalue weighted by Crippen LogP contribution is 2.18. The van der Waals surface area contributed by atoms with Crippen molar-refractivity contribution in [1.29, 1.82) is 0 Å². The third-order valence-electron chi connectivity index (χ3n) is 2.15. The highest BCUT2D eigenvalue weighted by molar-refractivity contribution is 5.88. The number of Topliss-reactive ketones (excluding diaryl/α,β-unsaturated/α-hetero) is 1.